The highest BCUT2D eigenvalue weighted by molar-refractivity contribution is 6.31. The third-order valence-electron chi connectivity index (χ3n) is 3.66. The molecule has 2 heterocycles. The molecular weight excluding hydrogens is 358 g/mol. The number of nitrogens with zero attached hydrogens (tertiary/aromatic N) is 2. The van der Waals surface area contributed by atoms with Crippen LogP contribution < -0.4 is 10.1 Å². The molecule has 0 aliphatic carbocycles. The van der Waals surface area contributed by atoms with E-state index in [1.165, 1.54) is 7.11 Å². The van der Waals surface area contributed by atoms with Crippen LogP contribution in [0.25, 0.3) is 5.65 Å². The second-order valence-electron chi connectivity index (χ2n) is 5.52. The number of anilines is 1. The normalized spacial score (nSPS) is 10.6. The molecule has 2 aromatic heterocycles. The van der Waals surface area contributed by atoms with Gasteiger partial charge in [0.15, 0.2) is 12.3 Å². The molecule has 1 N–H and O–H groups in total. The number of esters is 1. The summed E-state index contributed by atoms with van der Waals surface area (Å²) >= 11 is 6.03. The molecule has 1 amide bonds. The zero-order valence-electron chi connectivity index (χ0n) is 14.2. The lowest BCUT2D eigenvalue weighted by Crippen LogP contribution is -2.21. The van der Waals surface area contributed by atoms with E-state index in [1.807, 2.05) is 12.1 Å². The molecule has 0 aliphatic rings. The maximum atomic E-state index is 12.1. The fourth-order valence-corrected chi connectivity index (χ4v) is 2.51. The smallest absolute Gasteiger partial charge is 0.359 e. The maximum absolute atomic E-state index is 12.1. The monoisotopic (exact) mass is 373 g/mol. The number of methoxy groups -OCH3 is 1. The standard InChI is InChI=1S/C18H16ClN3O4/c1-11-7-13(15(25-2)8-12(11)19)21-17(23)10-26-18(24)14-9-22-6-4-3-5-16(22)20-14/h3-9H,10H2,1-2H3,(H,21,23). The van der Waals surface area contributed by atoms with Gasteiger partial charge >= 0.3 is 5.97 Å². The summed E-state index contributed by atoms with van der Waals surface area (Å²) in [6.45, 7) is 1.36. The molecule has 0 atom stereocenters. The van der Waals surface area contributed by atoms with Crippen LogP contribution in [0.15, 0.2) is 42.7 Å². The zero-order chi connectivity index (χ0) is 18.7. The van der Waals surface area contributed by atoms with E-state index in [1.54, 1.807) is 41.9 Å². The van der Waals surface area contributed by atoms with Gasteiger partial charge in [0.2, 0.25) is 0 Å². The second kappa shape index (κ2) is 7.45. The third-order valence-corrected chi connectivity index (χ3v) is 4.07. The summed E-state index contributed by atoms with van der Waals surface area (Å²) in [4.78, 5) is 28.3. The van der Waals surface area contributed by atoms with E-state index in [4.69, 9.17) is 21.1 Å². The lowest BCUT2D eigenvalue weighted by molar-refractivity contribution is -0.119. The van der Waals surface area contributed by atoms with Crippen LogP contribution in [0.2, 0.25) is 5.02 Å². The van der Waals surface area contributed by atoms with Crippen molar-refractivity contribution in [1.82, 2.24) is 9.38 Å². The summed E-state index contributed by atoms with van der Waals surface area (Å²) in [5.74, 6) is -0.758. The first-order valence-electron chi connectivity index (χ1n) is 7.73. The van der Waals surface area contributed by atoms with E-state index in [0.29, 0.717) is 22.1 Å². The summed E-state index contributed by atoms with van der Waals surface area (Å²) in [5, 5.41) is 3.16. The topological polar surface area (TPSA) is 81.9 Å². The number of rotatable bonds is 5. The van der Waals surface area contributed by atoms with Gasteiger partial charge in [0.25, 0.3) is 5.91 Å². The van der Waals surface area contributed by atoms with Gasteiger partial charge in [-0.05, 0) is 30.7 Å². The molecule has 0 fully saturated rings. The number of carbonyl (C=O) groups is 2. The van der Waals surface area contributed by atoms with Crippen molar-refractivity contribution in [3.63, 3.8) is 0 Å². The molecule has 0 spiro atoms. The van der Waals surface area contributed by atoms with Gasteiger partial charge in [0.05, 0.1) is 12.8 Å². The Bertz CT molecular complexity index is 951. The van der Waals surface area contributed by atoms with Crippen molar-refractivity contribution in [3.05, 3.63) is 59.0 Å². The van der Waals surface area contributed by atoms with Crippen molar-refractivity contribution in [2.75, 3.05) is 19.0 Å². The Morgan fingerprint density at radius 3 is 2.85 bits per heavy atom. The summed E-state index contributed by atoms with van der Waals surface area (Å²) in [6.07, 6.45) is 3.31. The van der Waals surface area contributed by atoms with Gasteiger partial charge in [0.1, 0.15) is 11.4 Å². The number of amides is 1. The number of nitrogens with one attached hydrogen (secondary N) is 1. The van der Waals surface area contributed by atoms with Gasteiger partial charge in [-0.15, -0.1) is 0 Å². The molecule has 7 nitrogen and oxygen atoms in total. The van der Waals surface area contributed by atoms with Crippen LogP contribution in [0.5, 0.6) is 5.75 Å². The average molecular weight is 374 g/mol. The number of fused-ring (bicyclic) bond motifs is 1. The first kappa shape index (κ1) is 17.8. The van der Waals surface area contributed by atoms with Crippen LogP contribution in [0.3, 0.4) is 0 Å². The predicted molar refractivity (Wildman–Crippen MR) is 96.8 cm³/mol. The minimum absolute atomic E-state index is 0.129. The molecule has 1 aromatic carbocycles. The number of hydrogen-bond donors (Lipinski definition) is 1. The summed E-state index contributed by atoms with van der Waals surface area (Å²) in [5.41, 5.74) is 1.97. The minimum atomic E-state index is -0.678. The fraction of sp³-hybridized carbons (Fsp3) is 0.167. The van der Waals surface area contributed by atoms with Gasteiger partial charge in [-0.25, -0.2) is 9.78 Å². The first-order valence-corrected chi connectivity index (χ1v) is 8.10. The number of carbonyl (C=O) groups excluding carboxylic acids is 2. The van der Waals surface area contributed by atoms with Crippen LogP contribution in [0, 0.1) is 6.92 Å². The Morgan fingerprint density at radius 2 is 2.12 bits per heavy atom. The van der Waals surface area contributed by atoms with Crippen LogP contribution in [-0.2, 0) is 9.53 Å². The molecule has 3 aromatic rings. The van der Waals surface area contributed by atoms with E-state index < -0.39 is 18.5 Å². The molecule has 0 saturated heterocycles. The number of aryl methyl sites for hydroxylation is 1. The number of benzene rings is 1. The Morgan fingerprint density at radius 1 is 1.31 bits per heavy atom. The third kappa shape index (κ3) is 3.78. The number of ether oxygens (including phenoxy) is 2. The summed E-state index contributed by atoms with van der Waals surface area (Å²) < 4.78 is 11.9. The van der Waals surface area contributed by atoms with Crippen molar-refractivity contribution in [3.8, 4) is 5.75 Å². The number of halogens is 1. The van der Waals surface area contributed by atoms with Crippen molar-refractivity contribution in [2.45, 2.75) is 6.92 Å². The summed E-state index contributed by atoms with van der Waals surface area (Å²) in [7, 11) is 1.47. The number of aromatic nitrogens is 2. The fourth-order valence-electron chi connectivity index (χ4n) is 2.35. The van der Waals surface area contributed by atoms with Crippen LogP contribution in [0.4, 0.5) is 5.69 Å². The molecule has 8 heteroatoms. The van der Waals surface area contributed by atoms with E-state index in [9.17, 15) is 9.59 Å². The minimum Gasteiger partial charge on any atom is -0.495 e. The van der Waals surface area contributed by atoms with E-state index in [-0.39, 0.29) is 5.69 Å². The largest absolute Gasteiger partial charge is 0.495 e. The second-order valence-corrected chi connectivity index (χ2v) is 5.93. The van der Waals surface area contributed by atoms with Crippen LogP contribution in [-0.4, -0.2) is 35.0 Å². The summed E-state index contributed by atoms with van der Waals surface area (Å²) in [6, 6.07) is 8.68. The SMILES string of the molecule is COc1cc(Cl)c(C)cc1NC(=O)COC(=O)c1cn2ccccc2n1. The van der Waals surface area contributed by atoms with Gasteiger partial charge in [-0.2, -0.15) is 0 Å². The predicted octanol–water partition coefficient (Wildman–Crippen LogP) is 3.10. The van der Waals surface area contributed by atoms with Gasteiger partial charge in [-0.1, -0.05) is 17.7 Å². The highest BCUT2D eigenvalue weighted by Gasteiger charge is 2.15. The molecular formula is C18H16ClN3O4. The lowest BCUT2D eigenvalue weighted by atomic mass is 10.2. The highest BCUT2D eigenvalue weighted by atomic mass is 35.5. The van der Waals surface area contributed by atoms with Crippen LogP contribution in [0.1, 0.15) is 16.1 Å². The Hall–Kier alpha value is -3.06. The van der Waals surface area contributed by atoms with E-state index in [2.05, 4.69) is 10.3 Å². The molecule has 0 saturated carbocycles. The van der Waals surface area contributed by atoms with E-state index in [0.717, 1.165) is 5.56 Å². The van der Waals surface area contributed by atoms with Gasteiger partial charge < -0.3 is 19.2 Å². The number of pyridine rings is 1. The van der Waals surface area contributed by atoms with Crippen molar-refractivity contribution in [2.24, 2.45) is 0 Å². The molecule has 3 rings (SSSR count). The van der Waals surface area contributed by atoms with Gasteiger partial charge in [0, 0.05) is 23.5 Å². The number of hydrogen-bond acceptors (Lipinski definition) is 5. The van der Waals surface area contributed by atoms with Crippen molar-refractivity contribution < 1.29 is 19.1 Å². The quantitative estimate of drug-likeness (QED) is 0.695. The molecule has 0 bridgehead atoms. The molecule has 26 heavy (non-hydrogen) atoms. The van der Waals surface area contributed by atoms with E-state index >= 15 is 0 Å². The van der Waals surface area contributed by atoms with Crippen molar-refractivity contribution in [1.29, 1.82) is 0 Å². The molecule has 0 aliphatic heterocycles. The maximum Gasteiger partial charge on any atom is 0.359 e. The Balaban J connectivity index is 1.63. The Kier molecular flexibility index (Phi) is 5.09. The highest BCUT2D eigenvalue weighted by Crippen LogP contribution is 2.30. The molecule has 0 unspecified atom stereocenters. The number of imidazole rings is 1. The lowest BCUT2D eigenvalue weighted by Gasteiger charge is -2.12. The first-order chi connectivity index (χ1) is 12.5. The Labute approximate surface area is 154 Å². The van der Waals surface area contributed by atoms with Crippen LogP contribution >= 0.6 is 11.6 Å². The molecule has 0 radical (unpaired) electrons. The van der Waals surface area contributed by atoms with Gasteiger partial charge in [-0.3, -0.25) is 4.79 Å². The molecule has 134 valence electrons. The average Bonchev–Trinajstić information content (AvgIpc) is 3.06. The zero-order valence-corrected chi connectivity index (χ0v) is 14.9. The van der Waals surface area contributed by atoms with Crippen molar-refractivity contribution >= 4 is 34.8 Å².